The van der Waals surface area contributed by atoms with Crippen molar-refractivity contribution in [3.05, 3.63) is 22.3 Å². The van der Waals surface area contributed by atoms with Gasteiger partial charge in [0, 0.05) is 23.8 Å². The van der Waals surface area contributed by atoms with Gasteiger partial charge in [0.15, 0.2) is 0 Å². The van der Waals surface area contributed by atoms with Gasteiger partial charge in [0.05, 0.1) is 18.1 Å². The van der Waals surface area contributed by atoms with E-state index in [2.05, 4.69) is 20.9 Å². The van der Waals surface area contributed by atoms with Crippen molar-refractivity contribution in [2.24, 2.45) is 0 Å². The number of anilines is 1. The van der Waals surface area contributed by atoms with Gasteiger partial charge in [-0.25, -0.2) is 4.98 Å². The van der Waals surface area contributed by atoms with Crippen LogP contribution in [0.25, 0.3) is 0 Å². The first-order valence-corrected chi connectivity index (χ1v) is 5.96. The van der Waals surface area contributed by atoms with E-state index < -0.39 is 0 Å². The molecule has 1 aromatic rings. The van der Waals surface area contributed by atoms with Crippen LogP contribution in [-0.4, -0.2) is 28.9 Å². The summed E-state index contributed by atoms with van der Waals surface area (Å²) in [4.78, 5) is 17.6. The minimum Gasteiger partial charge on any atom is -0.383 e. The molecule has 5 nitrogen and oxygen atoms in total. The van der Waals surface area contributed by atoms with Crippen LogP contribution in [0.5, 0.6) is 0 Å². The van der Waals surface area contributed by atoms with E-state index in [9.17, 15) is 4.79 Å². The molecule has 0 aliphatic carbocycles. The summed E-state index contributed by atoms with van der Waals surface area (Å²) in [6.07, 6.45) is 1.85. The van der Waals surface area contributed by atoms with Gasteiger partial charge < -0.3 is 10.6 Å². The van der Waals surface area contributed by atoms with E-state index in [0.29, 0.717) is 29.5 Å². The first-order chi connectivity index (χ1) is 8.10. The predicted octanol–water partition coefficient (Wildman–Crippen LogP) is 1.80. The maximum absolute atomic E-state index is 12.1. The van der Waals surface area contributed by atoms with Crippen LogP contribution in [0.1, 0.15) is 23.7 Å². The smallest absolute Gasteiger partial charge is 0.257 e. The molecular weight excluding hydrogens is 284 g/mol. The Morgan fingerprint density at radius 3 is 3.00 bits per heavy atom. The first kappa shape index (κ1) is 13.5. The Hall–Kier alpha value is -1.61. The number of carbonyl (C=O) groups excluding carboxylic acids is 1. The standard InChI is InChI=1S/C11H13BrN4O/c1-2-16(5-3-4-13)11(17)9-6-8(12)7-15-10(9)14/h6-7H,2-3,5H2,1H3,(H2,14,15). The van der Waals surface area contributed by atoms with Crippen LogP contribution in [0.4, 0.5) is 5.82 Å². The maximum atomic E-state index is 12.1. The second-order valence-electron chi connectivity index (χ2n) is 3.38. The fourth-order valence-electron chi connectivity index (χ4n) is 1.38. The molecule has 0 saturated carbocycles. The summed E-state index contributed by atoms with van der Waals surface area (Å²) < 4.78 is 0.700. The summed E-state index contributed by atoms with van der Waals surface area (Å²) in [6, 6.07) is 3.65. The number of nitrogens with zero attached hydrogens (tertiary/aromatic N) is 3. The second kappa shape index (κ2) is 6.21. The quantitative estimate of drug-likeness (QED) is 0.918. The van der Waals surface area contributed by atoms with Crippen molar-refractivity contribution < 1.29 is 4.79 Å². The van der Waals surface area contributed by atoms with Crippen molar-refractivity contribution >= 4 is 27.7 Å². The lowest BCUT2D eigenvalue weighted by Gasteiger charge is -2.20. The molecule has 1 rings (SSSR count). The third-order valence-electron chi connectivity index (χ3n) is 2.28. The van der Waals surface area contributed by atoms with Crippen LogP contribution < -0.4 is 5.73 Å². The van der Waals surface area contributed by atoms with Crippen molar-refractivity contribution in [3.8, 4) is 6.07 Å². The molecule has 0 atom stereocenters. The number of nitriles is 1. The molecule has 0 bridgehead atoms. The van der Waals surface area contributed by atoms with Gasteiger partial charge in [-0.2, -0.15) is 5.26 Å². The largest absolute Gasteiger partial charge is 0.383 e. The zero-order chi connectivity index (χ0) is 12.8. The normalized spacial score (nSPS) is 9.71. The third-order valence-corrected chi connectivity index (χ3v) is 2.71. The third kappa shape index (κ3) is 3.43. The number of nitrogen functional groups attached to an aromatic ring is 1. The van der Waals surface area contributed by atoms with Crippen LogP contribution in [0, 0.1) is 11.3 Å². The van der Waals surface area contributed by atoms with E-state index in [1.54, 1.807) is 11.0 Å². The van der Waals surface area contributed by atoms with E-state index in [4.69, 9.17) is 11.0 Å². The lowest BCUT2D eigenvalue weighted by atomic mass is 10.2. The summed E-state index contributed by atoms with van der Waals surface area (Å²) in [7, 11) is 0. The number of nitrogens with two attached hydrogens (primary N) is 1. The number of rotatable bonds is 4. The Labute approximate surface area is 108 Å². The summed E-state index contributed by atoms with van der Waals surface area (Å²) in [5.74, 6) is 0.00246. The highest BCUT2D eigenvalue weighted by molar-refractivity contribution is 9.10. The minimum absolute atomic E-state index is 0.200. The Morgan fingerprint density at radius 1 is 1.71 bits per heavy atom. The molecule has 1 aromatic heterocycles. The molecule has 0 radical (unpaired) electrons. The molecule has 1 heterocycles. The minimum atomic E-state index is -0.200. The van der Waals surface area contributed by atoms with Crippen LogP contribution in [-0.2, 0) is 0 Å². The van der Waals surface area contributed by atoms with E-state index in [0.717, 1.165) is 0 Å². The molecule has 0 aliphatic rings. The number of carbonyl (C=O) groups is 1. The lowest BCUT2D eigenvalue weighted by Crippen LogP contribution is -2.32. The highest BCUT2D eigenvalue weighted by Crippen LogP contribution is 2.17. The summed E-state index contributed by atoms with van der Waals surface area (Å²) in [6.45, 7) is 2.79. The molecule has 0 fully saturated rings. The molecule has 0 spiro atoms. The lowest BCUT2D eigenvalue weighted by molar-refractivity contribution is 0.0768. The number of aromatic nitrogens is 1. The highest BCUT2D eigenvalue weighted by Gasteiger charge is 2.17. The molecule has 0 unspecified atom stereocenters. The molecule has 17 heavy (non-hydrogen) atoms. The van der Waals surface area contributed by atoms with Crippen LogP contribution in [0.2, 0.25) is 0 Å². The monoisotopic (exact) mass is 296 g/mol. The van der Waals surface area contributed by atoms with Crippen LogP contribution in [0.15, 0.2) is 16.7 Å². The van der Waals surface area contributed by atoms with Crippen LogP contribution in [0.3, 0.4) is 0 Å². The van der Waals surface area contributed by atoms with Crippen LogP contribution >= 0.6 is 15.9 Å². The van der Waals surface area contributed by atoms with Crippen molar-refractivity contribution in [2.75, 3.05) is 18.8 Å². The molecular formula is C11H13BrN4O. The van der Waals surface area contributed by atoms with Crippen molar-refractivity contribution in [1.29, 1.82) is 5.26 Å². The van der Waals surface area contributed by atoms with Gasteiger partial charge in [0.2, 0.25) is 0 Å². The molecule has 6 heteroatoms. The Bertz CT molecular complexity index is 455. The Morgan fingerprint density at radius 2 is 2.41 bits per heavy atom. The van der Waals surface area contributed by atoms with Crippen molar-refractivity contribution in [1.82, 2.24) is 9.88 Å². The van der Waals surface area contributed by atoms with Gasteiger partial charge in [-0.05, 0) is 28.9 Å². The molecule has 0 aliphatic heterocycles. The van der Waals surface area contributed by atoms with Gasteiger partial charge in [-0.1, -0.05) is 0 Å². The summed E-state index contributed by atoms with van der Waals surface area (Å²) in [5.41, 5.74) is 6.03. The summed E-state index contributed by atoms with van der Waals surface area (Å²) in [5, 5.41) is 8.53. The van der Waals surface area contributed by atoms with Crippen molar-refractivity contribution in [2.45, 2.75) is 13.3 Å². The van der Waals surface area contributed by atoms with E-state index in [1.807, 2.05) is 13.0 Å². The fraction of sp³-hybridized carbons (Fsp3) is 0.364. The highest BCUT2D eigenvalue weighted by atomic mass is 79.9. The number of amides is 1. The maximum Gasteiger partial charge on any atom is 0.257 e. The molecule has 0 aromatic carbocycles. The molecule has 1 amide bonds. The molecule has 2 N–H and O–H groups in total. The fourth-order valence-corrected chi connectivity index (χ4v) is 1.71. The van der Waals surface area contributed by atoms with Gasteiger partial charge in [-0.15, -0.1) is 0 Å². The van der Waals surface area contributed by atoms with E-state index in [-0.39, 0.29) is 11.7 Å². The number of hydrogen-bond donors (Lipinski definition) is 1. The van der Waals surface area contributed by atoms with Crippen molar-refractivity contribution in [3.63, 3.8) is 0 Å². The Kier molecular flexibility index (Phi) is 4.91. The number of halogens is 1. The zero-order valence-electron chi connectivity index (χ0n) is 9.48. The number of pyridine rings is 1. The van der Waals surface area contributed by atoms with Gasteiger partial charge >= 0.3 is 0 Å². The topological polar surface area (TPSA) is 83.0 Å². The van der Waals surface area contributed by atoms with E-state index in [1.165, 1.54) is 6.20 Å². The predicted molar refractivity (Wildman–Crippen MR) is 68.2 cm³/mol. The van der Waals surface area contributed by atoms with Gasteiger partial charge in [0.1, 0.15) is 5.82 Å². The SMILES string of the molecule is CCN(CCC#N)C(=O)c1cc(Br)cnc1N. The number of hydrogen-bond acceptors (Lipinski definition) is 4. The van der Waals surface area contributed by atoms with Gasteiger partial charge in [-0.3, -0.25) is 4.79 Å². The molecule has 90 valence electrons. The average Bonchev–Trinajstić information content (AvgIpc) is 2.33. The average molecular weight is 297 g/mol. The van der Waals surface area contributed by atoms with Gasteiger partial charge in [0.25, 0.3) is 5.91 Å². The zero-order valence-corrected chi connectivity index (χ0v) is 11.1. The summed E-state index contributed by atoms with van der Waals surface area (Å²) >= 11 is 3.25. The second-order valence-corrected chi connectivity index (χ2v) is 4.29. The Balaban J connectivity index is 2.94. The first-order valence-electron chi connectivity index (χ1n) is 5.17. The van der Waals surface area contributed by atoms with E-state index >= 15 is 0 Å². The molecule has 0 saturated heterocycles.